The van der Waals surface area contributed by atoms with E-state index in [2.05, 4.69) is 15.9 Å². The average molecular weight is 529 g/mol. The van der Waals surface area contributed by atoms with Gasteiger partial charge in [0.15, 0.2) is 5.78 Å². The summed E-state index contributed by atoms with van der Waals surface area (Å²) in [7, 11) is 1.56. The third-order valence-corrected chi connectivity index (χ3v) is 7.80. The van der Waals surface area contributed by atoms with Gasteiger partial charge in [-0.05, 0) is 63.5 Å². The van der Waals surface area contributed by atoms with Crippen molar-refractivity contribution >= 4 is 45.3 Å². The number of ketones is 1. The van der Waals surface area contributed by atoms with Crippen LogP contribution in [0.4, 0.5) is 5.69 Å². The number of rotatable bonds is 4. The van der Waals surface area contributed by atoms with Crippen molar-refractivity contribution in [2.24, 2.45) is 11.8 Å². The summed E-state index contributed by atoms with van der Waals surface area (Å²) in [5.41, 5.74) is 2.92. The molecule has 3 aliphatic heterocycles. The molecule has 7 heteroatoms. The van der Waals surface area contributed by atoms with Crippen molar-refractivity contribution < 1.29 is 19.1 Å². The molecule has 3 aromatic rings. The van der Waals surface area contributed by atoms with Gasteiger partial charge in [-0.1, -0.05) is 42.5 Å². The molecule has 0 saturated carbocycles. The monoisotopic (exact) mass is 528 g/mol. The number of fused-ring (bicyclic) bond motifs is 5. The van der Waals surface area contributed by atoms with E-state index in [-0.39, 0.29) is 17.6 Å². The smallest absolute Gasteiger partial charge is 0.240 e. The molecular weight excluding hydrogens is 508 g/mol. The van der Waals surface area contributed by atoms with Gasteiger partial charge in [0.25, 0.3) is 0 Å². The summed E-state index contributed by atoms with van der Waals surface area (Å²) in [5.74, 6) is -1.65. The Kier molecular flexibility index (Phi) is 5.11. The summed E-state index contributed by atoms with van der Waals surface area (Å²) in [4.78, 5) is 44.8. The molecule has 6 rings (SSSR count). The minimum atomic E-state index is -0.805. The van der Waals surface area contributed by atoms with Crippen molar-refractivity contribution in [1.29, 1.82) is 0 Å². The van der Waals surface area contributed by atoms with Gasteiger partial charge in [-0.15, -0.1) is 0 Å². The van der Waals surface area contributed by atoms with Gasteiger partial charge in [-0.25, -0.2) is 4.90 Å². The number of halogens is 1. The molecule has 2 fully saturated rings. The van der Waals surface area contributed by atoms with Gasteiger partial charge >= 0.3 is 0 Å². The summed E-state index contributed by atoms with van der Waals surface area (Å²) >= 11 is 3.46. The van der Waals surface area contributed by atoms with Crippen LogP contribution in [0.3, 0.4) is 0 Å². The zero-order chi connectivity index (χ0) is 24.3. The van der Waals surface area contributed by atoms with E-state index in [0.29, 0.717) is 21.5 Å². The quantitative estimate of drug-likeness (QED) is 0.357. The molecule has 0 unspecified atom stereocenters. The maximum Gasteiger partial charge on any atom is 0.240 e. The molecule has 0 N–H and O–H groups in total. The fourth-order valence-corrected chi connectivity index (χ4v) is 6.22. The molecule has 3 aliphatic rings. The number of hydrogen-bond acceptors (Lipinski definition) is 5. The van der Waals surface area contributed by atoms with Crippen molar-refractivity contribution in [2.75, 3.05) is 12.0 Å². The van der Waals surface area contributed by atoms with E-state index in [9.17, 15) is 14.4 Å². The fraction of sp³-hybridized carbons (Fsp3) is 0.179. The van der Waals surface area contributed by atoms with Gasteiger partial charge in [0.1, 0.15) is 11.8 Å². The van der Waals surface area contributed by atoms with E-state index in [4.69, 9.17) is 4.74 Å². The minimum absolute atomic E-state index is 0.203. The fourth-order valence-electron chi connectivity index (χ4n) is 5.68. The third kappa shape index (κ3) is 3.18. The lowest BCUT2D eigenvalue weighted by Crippen LogP contribution is -2.44. The summed E-state index contributed by atoms with van der Waals surface area (Å²) in [5, 5.41) is 0. The van der Waals surface area contributed by atoms with Crippen LogP contribution < -0.4 is 9.64 Å². The second-order valence-corrected chi connectivity index (χ2v) is 9.75. The number of carbonyl (C=O) groups is 3. The number of amides is 2. The van der Waals surface area contributed by atoms with E-state index in [1.165, 1.54) is 4.90 Å². The highest BCUT2D eigenvalue weighted by Gasteiger charge is 2.64. The van der Waals surface area contributed by atoms with Crippen LogP contribution in [0.5, 0.6) is 5.75 Å². The molecule has 2 saturated heterocycles. The van der Waals surface area contributed by atoms with Crippen LogP contribution in [0, 0.1) is 11.8 Å². The van der Waals surface area contributed by atoms with E-state index in [1.807, 2.05) is 47.5 Å². The standard InChI is InChI=1S/C28H21BrN2O4/c1-35-21-12-11-17(15-20(21)29)26(32)25-23-22(24-19-10-6-5-7-16(19)13-14-30(24)25)27(33)31(28(23)34)18-8-3-2-4-9-18/h2-15,22-25H,1H3/t22-,23-,24+,25+/m1/s1. The van der Waals surface area contributed by atoms with E-state index >= 15 is 0 Å². The number of benzene rings is 3. The number of Topliss-reactive ketones (excluding diaryl/α,β-unsaturated/α-hetero) is 1. The first-order valence-electron chi connectivity index (χ1n) is 11.4. The molecule has 0 bridgehead atoms. The topological polar surface area (TPSA) is 66.9 Å². The first kappa shape index (κ1) is 21.8. The van der Waals surface area contributed by atoms with Crippen molar-refractivity contribution in [1.82, 2.24) is 4.90 Å². The molecular formula is C28H21BrN2O4. The Balaban J connectivity index is 1.49. The molecule has 35 heavy (non-hydrogen) atoms. The Morgan fingerprint density at radius 2 is 1.63 bits per heavy atom. The molecule has 0 aliphatic carbocycles. The zero-order valence-electron chi connectivity index (χ0n) is 18.8. The number of imide groups is 1. The van der Waals surface area contributed by atoms with Crippen molar-refractivity contribution in [3.63, 3.8) is 0 Å². The molecule has 0 spiro atoms. The van der Waals surface area contributed by atoms with Gasteiger partial charge in [0.2, 0.25) is 11.8 Å². The van der Waals surface area contributed by atoms with Crippen LogP contribution in [-0.2, 0) is 9.59 Å². The zero-order valence-corrected chi connectivity index (χ0v) is 20.4. The highest BCUT2D eigenvalue weighted by Crippen LogP contribution is 2.53. The largest absolute Gasteiger partial charge is 0.496 e. The maximum absolute atomic E-state index is 14.0. The summed E-state index contributed by atoms with van der Waals surface area (Å²) in [6.45, 7) is 0. The SMILES string of the molecule is COc1ccc(C(=O)[C@@H]2[C@@H]3C(=O)N(c4ccccc4)C(=O)[C@H]3[C@@H]3c4ccccc4C=CN23)cc1Br. The summed E-state index contributed by atoms with van der Waals surface area (Å²) in [6, 6.07) is 20.7. The molecule has 174 valence electrons. The Morgan fingerprint density at radius 1 is 0.914 bits per heavy atom. The Bertz CT molecular complexity index is 1400. The summed E-state index contributed by atoms with van der Waals surface area (Å²) in [6.07, 6.45) is 3.81. The Morgan fingerprint density at radius 3 is 2.37 bits per heavy atom. The van der Waals surface area contributed by atoms with Crippen LogP contribution in [0.2, 0.25) is 0 Å². The predicted molar refractivity (Wildman–Crippen MR) is 135 cm³/mol. The first-order chi connectivity index (χ1) is 17.0. The van der Waals surface area contributed by atoms with Crippen molar-refractivity contribution in [2.45, 2.75) is 12.1 Å². The highest BCUT2D eigenvalue weighted by molar-refractivity contribution is 9.10. The number of anilines is 1. The van der Waals surface area contributed by atoms with Gasteiger partial charge in [-0.2, -0.15) is 0 Å². The van der Waals surface area contributed by atoms with E-state index in [0.717, 1.165) is 11.1 Å². The van der Waals surface area contributed by atoms with Gasteiger partial charge in [-0.3, -0.25) is 14.4 Å². The molecule has 3 heterocycles. The van der Waals surface area contributed by atoms with Crippen LogP contribution >= 0.6 is 15.9 Å². The van der Waals surface area contributed by atoms with Crippen LogP contribution in [0.15, 0.2) is 83.5 Å². The Labute approximate surface area is 210 Å². The van der Waals surface area contributed by atoms with E-state index in [1.54, 1.807) is 49.6 Å². The van der Waals surface area contributed by atoms with Crippen molar-refractivity contribution in [3.8, 4) is 5.75 Å². The Hall–Kier alpha value is -3.71. The van der Waals surface area contributed by atoms with Crippen molar-refractivity contribution in [3.05, 3.63) is 100 Å². The normalized spacial score (nSPS) is 24.3. The lowest BCUT2D eigenvalue weighted by molar-refractivity contribution is -0.123. The van der Waals surface area contributed by atoms with E-state index < -0.39 is 23.9 Å². The third-order valence-electron chi connectivity index (χ3n) is 7.18. The van der Waals surface area contributed by atoms with Crippen LogP contribution in [0.1, 0.15) is 27.5 Å². The number of ether oxygens (including phenoxy) is 1. The highest BCUT2D eigenvalue weighted by atomic mass is 79.9. The minimum Gasteiger partial charge on any atom is -0.496 e. The number of nitrogens with zero attached hydrogens (tertiary/aromatic N) is 2. The molecule has 4 atom stereocenters. The van der Waals surface area contributed by atoms with Crippen LogP contribution in [0.25, 0.3) is 6.08 Å². The number of carbonyl (C=O) groups excluding carboxylic acids is 3. The second kappa shape index (κ2) is 8.20. The van der Waals surface area contributed by atoms with Gasteiger partial charge < -0.3 is 9.64 Å². The average Bonchev–Trinajstić information content (AvgIpc) is 3.36. The predicted octanol–water partition coefficient (Wildman–Crippen LogP) is 4.86. The second-order valence-electron chi connectivity index (χ2n) is 8.89. The molecule has 3 aromatic carbocycles. The molecule has 2 amide bonds. The number of hydrogen-bond donors (Lipinski definition) is 0. The maximum atomic E-state index is 14.0. The number of para-hydroxylation sites is 1. The lowest BCUT2D eigenvalue weighted by atomic mass is 9.83. The van der Waals surface area contributed by atoms with Gasteiger partial charge in [0.05, 0.1) is 35.1 Å². The summed E-state index contributed by atoms with van der Waals surface area (Å²) < 4.78 is 5.96. The van der Waals surface area contributed by atoms with Crippen LogP contribution in [-0.4, -0.2) is 35.6 Å². The molecule has 0 aromatic heterocycles. The molecule has 6 nitrogen and oxygen atoms in total. The molecule has 0 radical (unpaired) electrons. The number of methoxy groups -OCH3 is 1. The van der Waals surface area contributed by atoms with Gasteiger partial charge in [0, 0.05) is 11.8 Å². The lowest BCUT2D eigenvalue weighted by Gasteiger charge is -2.35. The first-order valence-corrected chi connectivity index (χ1v) is 12.2.